The van der Waals surface area contributed by atoms with E-state index in [1.54, 1.807) is 24.3 Å². The summed E-state index contributed by atoms with van der Waals surface area (Å²) in [7, 11) is 1.40. The van der Waals surface area contributed by atoms with E-state index >= 15 is 0 Å². The molecule has 0 amide bonds. The highest BCUT2D eigenvalue weighted by molar-refractivity contribution is 6.35. The molecule has 2 aromatic rings. The molecular weight excluding hydrogens is 359 g/mol. The summed E-state index contributed by atoms with van der Waals surface area (Å²) in [6, 6.07) is 10.1. The van der Waals surface area contributed by atoms with Crippen molar-refractivity contribution < 1.29 is 18.3 Å². The van der Waals surface area contributed by atoms with E-state index in [4.69, 9.17) is 27.9 Å². The zero-order chi connectivity index (χ0) is 17.7. The summed E-state index contributed by atoms with van der Waals surface area (Å²) >= 11 is 12.1. The van der Waals surface area contributed by atoms with Crippen LogP contribution in [0.15, 0.2) is 36.4 Å². The van der Waals surface area contributed by atoms with Gasteiger partial charge in [-0.25, -0.2) is 0 Å². The quantitative estimate of drug-likeness (QED) is 0.697. The van der Waals surface area contributed by atoms with E-state index in [0.29, 0.717) is 16.6 Å². The molecule has 3 nitrogen and oxygen atoms in total. The van der Waals surface area contributed by atoms with Crippen molar-refractivity contribution in [2.45, 2.75) is 26.1 Å². The lowest BCUT2D eigenvalue weighted by atomic mass is 10.1. The molecule has 0 aliphatic carbocycles. The van der Waals surface area contributed by atoms with Crippen LogP contribution in [0.5, 0.6) is 11.5 Å². The van der Waals surface area contributed by atoms with Gasteiger partial charge in [-0.05, 0) is 42.3 Å². The summed E-state index contributed by atoms with van der Waals surface area (Å²) < 4.78 is 34.2. The van der Waals surface area contributed by atoms with Crippen molar-refractivity contribution in [1.29, 1.82) is 0 Å². The van der Waals surface area contributed by atoms with E-state index in [1.165, 1.54) is 13.2 Å². The average Bonchev–Trinajstić information content (AvgIpc) is 2.53. The molecule has 0 saturated heterocycles. The van der Waals surface area contributed by atoms with Crippen molar-refractivity contribution in [1.82, 2.24) is 5.32 Å². The fourth-order valence-corrected chi connectivity index (χ4v) is 2.82. The fourth-order valence-electron chi connectivity index (χ4n) is 2.25. The van der Waals surface area contributed by atoms with Gasteiger partial charge in [-0.1, -0.05) is 35.3 Å². The van der Waals surface area contributed by atoms with Crippen molar-refractivity contribution in [2.24, 2.45) is 0 Å². The normalized spacial score (nSPS) is 12.3. The minimum atomic E-state index is -2.89. The van der Waals surface area contributed by atoms with Gasteiger partial charge in [0.1, 0.15) is 0 Å². The third-order valence-electron chi connectivity index (χ3n) is 3.49. The van der Waals surface area contributed by atoms with E-state index < -0.39 is 6.61 Å². The van der Waals surface area contributed by atoms with Gasteiger partial charge in [0.15, 0.2) is 11.5 Å². The number of alkyl halides is 2. The molecule has 0 aromatic heterocycles. The Balaban J connectivity index is 2.05. The van der Waals surface area contributed by atoms with E-state index in [9.17, 15) is 8.78 Å². The van der Waals surface area contributed by atoms with Crippen LogP contribution in [0, 0.1) is 0 Å². The predicted molar refractivity (Wildman–Crippen MR) is 91.3 cm³/mol. The Morgan fingerprint density at radius 1 is 1.08 bits per heavy atom. The van der Waals surface area contributed by atoms with Crippen LogP contribution in [0.1, 0.15) is 24.1 Å². The van der Waals surface area contributed by atoms with Crippen LogP contribution in [0.3, 0.4) is 0 Å². The van der Waals surface area contributed by atoms with Crippen molar-refractivity contribution >= 4 is 23.2 Å². The van der Waals surface area contributed by atoms with Crippen LogP contribution >= 0.6 is 23.2 Å². The van der Waals surface area contributed by atoms with Crippen molar-refractivity contribution in [3.63, 3.8) is 0 Å². The molecule has 130 valence electrons. The SMILES string of the molecule is COc1cc(CNC(C)c2ccc(Cl)cc2Cl)ccc1OC(F)F. The van der Waals surface area contributed by atoms with Gasteiger partial charge in [0.05, 0.1) is 7.11 Å². The first kappa shape index (κ1) is 18.8. The molecular formula is C17H17Cl2F2NO2. The van der Waals surface area contributed by atoms with Gasteiger partial charge in [0, 0.05) is 22.6 Å². The summed E-state index contributed by atoms with van der Waals surface area (Å²) in [5.41, 5.74) is 1.79. The number of halogens is 4. The zero-order valence-electron chi connectivity index (χ0n) is 13.2. The van der Waals surface area contributed by atoms with E-state index in [-0.39, 0.29) is 17.5 Å². The Morgan fingerprint density at radius 3 is 2.46 bits per heavy atom. The predicted octanol–water partition coefficient (Wildman–Crippen LogP) is 5.45. The highest BCUT2D eigenvalue weighted by Gasteiger charge is 2.13. The lowest BCUT2D eigenvalue weighted by molar-refractivity contribution is -0.0512. The summed E-state index contributed by atoms with van der Waals surface area (Å²) in [6.45, 7) is -0.415. The third-order valence-corrected chi connectivity index (χ3v) is 4.05. The minimum absolute atomic E-state index is 0.00467. The van der Waals surface area contributed by atoms with Crippen LogP contribution in [-0.4, -0.2) is 13.7 Å². The molecule has 1 unspecified atom stereocenters. The Morgan fingerprint density at radius 2 is 1.83 bits per heavy atom. The topological polar surface area (TPSA) is 30.5 Å². The number of ether oxygens (including phenoxy) is 2. The van der Waals surface area contributed by atoms with Crippen LogP contribution in [-0.2, 0) is 6.54 Å². The minimum Gasteiger partial charge on any atom is -0.493 e. The average molecular weight is 376 g/mol. The lowest BCUT2D eigenvalue weighted by Crippen LogP contribution is -2.18. The molecule has 0 radical (unpaired) electrons. The molecule has 2 aromatic carbocycles. The maximum Gasteiger partial charge on any atom is 0.387 e. The fraction of sp³-hybridized carbons (Fsp3) is 0.294. The molecule has 24 heavy (non-hydrogen) atoms. The largest absolute Gasteiger partial charge is 0.493 e. The van der Waals surface area contributed by atoms with Gasteiger partial charge in [-0.15, -0.1) is 0 Å². The van der Waals surface area contributed by atoms with E-state index in [2.05, 4.69) is 10.1 Å². The monoisotopic (exact) mass is 375 g/mol. The second-order valence-corrected chi connectivity index (χ2v) is 5.98. The highest BCUT2D eigenvalue weighted by Crippen LogP contribution is 2.30. The first-order valence-electron chi connectivity index (χ1n) is 7.20. The smallest absolute Gasteiger partial charge is 0.387 e. The second kappa shape index (κ2) is 8.51. The Bertz CT molecular complexity index is 698. The van der Waals surface area contributed by atoms with Gasteiger partial charge in [-0.2, -0.15) is 8.78 Å². The number of methoxy groups -OCH3 is 1. The molecule has 0 bridgehead atoms. The van der Waals surface area contributed by atoms with Crippen LogP contribution < -0.4 is 14.8 Å². The lowest BCUT2D eigenvalue weighted by Gasteiger charge is -2.17. The number of benzene rings is 2. The third kappa shape index (κ3) is 4.97. The second-order valence-electron chi connectivity index (χ2n) is 5.13. The summed E-state index contributed by atoms with van der Waals surface area (Å²) in [6.07, 6.45) is 0. The van der Waals surface area contributed by atoms with Crippen molar-refractivity contribution in [3.05, 3.63) is 57.6 Å². The molecule has 2 rings (SSSR count). The maximum atomic E-state index is 12.3. The molecule has 0 fully saturated rings. The Kier molecular flexibility index (Phi) is 6.66. The molecule has 0 heterocycles. The van der Waals surface area contributed by atoms with Gasteiger partial charge >= 0.3 is 6.61 Å². The maximum absolute atomic E-state index is 12.3. The molecule has 1 atom stereocenters. The summed E-state index contributed by atoms with van der Waals surface area (Å²) in [4.78, 5) is 0. The van der Waals surface area contributed by atoms with Gasteiger partial charge in [0.2, 0.25) is 0 Å². The van der Waals surface area contributed by atoms with Crippen LogP contribution in [0.4, 0.5) is 8.78 Å². The first-order chi connectivity index (χ1) is 11.4. The molecule has 0 aliphatic heterocycles. The number of rotatable bonds is 7. The molecule has 0 aliphatic rings. The summed E-state index contributed by atoms with van der Waals surface area (Å²) in [5.74, 6) is 0.261. The van der Waals surface area contributed by atoms with E-state index in [0.717, 1.165) is 11.1 Å². The Hall–Kier alpha value is -1.56. The highest BCUT2D eigenvalue weighted by atomic mass is 35.5. The van der Waals surface area contributed by atoms with Crippen LogP contribution in [0.2, 0.25) is 10.0 Å². The molecule has 7 heteroatoms. The standard InChI is InChI=1S/C17H17Cl2F2NO2/c1-10(13-5-4-12(18)8-14(13)19)22-9-11-3-6-15(24-17(20)21)16(7-11)23-2/h3-8,10,17,22H,9H2,1-2H3. The van der Waals surface area contributed by atoms with E-state index in [1.807, 2.05) is 13.0 Å². The van der Waals surface area contributed by atoms with Gasteiger partial charge < -0.3 is 14.8 Å². The molecule has 0 spiro atoms. The number of nitrogens with one attached hydrogen (secondary N) is 1. The molecule has 1 N–H and O–H groups in total. The Labute approximate surface area is 149 Å². The first-order valence-corrected chi connectivity index (χ1v) is 7.96. The van der Waals surface area contributed by atoms with Crippen molar-refractivity contribution in [3.8, 4) is 11.5 Å². The molecule has 0 saturated carbocycles. The number of hydrogen-bond acceptors (Lipinski definition) is 3. The van der Waals surface area contributed by atoms with Crippen molar-refractivity contribution in [2.75, 3.05) is 7.11 Å². The summed E-state index contributed by atoms with van der Waals surface area (Å²) in [5, 5.41) is 4.48. The van der Waals surface area contributed by atoms with Crippen LogP contribution in [0.25, 0.3) is 0 Å². The zero-order valence-corrected chi connectivity index (χ0v) is 14.7. The number of hydrogen-bond donors (Lipinski definition) is 1. The van der Waals surface area contributed by atoms with Gasteiger partial charge in [-0.3, -0.25) is 0 Å². The van der Waals surface area contributed by atoms with Gasteiger partial charge in [0.25, 0.3) is 0 Å².